The molecule has 4 aromatic rings. The summed E-state index contributed by atoms with van der Waals surface area (Å²) in [5, 5.41) is 12.5. The van der Waals surface area contributed by atoms with Gasteiger partial charge in [0.05, 0.1) is 11.3 Å². The number of aromatic nitrogens is 6. The summed E-state index contributed by atoms with van der Waals surface area (Å²) in [7, 11) is 0. The summed E-state index contributed by atoms with van der Waals surface area (Å²) in [6.07, 6.45) is 2.66. The molecule has 3 aromatic heterocycles. The van der Waals surface area contributed by atoms with Gasteiger partial charge in [0.15, 0.2) is 11.0 Å². The van der Waals surface area contributed by atoms with Gasteiger partial charge in [-0.2, -0.15) is 0 Å². The normalized spacial score (nSPS) is 11.2. The van der Waals surface area contributed by atoms with Crippen molar-refractivity contribution in [3.05, 3.63) is 65.2 Å². The average Bonchev–Trinajstić information content (AvgIpc) is 3.37. The second-order valence-electron chi connectivity index (χ2n) is 6.40. The van der Waals surface area contributed by atoms with Gasteiger partial charge in [0.25, 0.3) is 5.56 Å². The van der Waals surface area contributed by atoms with Crippen molar-refractivity contribution >= 4 is 33.3 Å². The van der Waals surface area contributed by atoms with Crippen LogP contribution >= 0.6 is 23.1 Å². The van der Waals surface area contributed by atoms with Crippen molar-refractivity contribution in [3.63, 3.8) is 0 Å². The van der Waals surface area contributed by atoms with Crippen LogP contribution in [0.3, 0.4) is 0 Å². The van der Waals surface area contributed by atoms with E-state index in [2.05, 4.69) is 29.0 Å². The molecule has 148 valence electrons. The SMILES string of the molecule is C=CCn1c(SCc2nnnn2CCC)nc2cc(-c3ccccc3)sc2c1=O. The van der Waals surface area contributed by atoms with Crippen LogP contribution in [0.15, 0.2) is 59.0 Å². The van der Waals surface area contributed by atoms with Crippen LogP contribution in [0, 0.1) is 0 Å². The Bertz CT molecular complexity index is 1190. The minimum absolute atomic E-state index is 0.0438. The molecular formula is C20H20N6OS2. The molecule has 0 N–H and O–H groups in total. The number of thiophene rings is 1. The molecule has 0 unspecified atom stereocenters. The third kappa shape index (κ3) is 4.01. The molecule has 9 heteroatoms. The van der Waals surface area contributed by atoms with Crippen molar-refractivity contribution in [3.8, 4) is 10.4 Å². The smallest absolute Gasteiger partial charge is 0.272 e. The van der Waals surface area contributed by atoms with E-state index in [0.717, 1.165) is 34.7 Å². The molecule has 0 aliphatic heterocycles. The van der Waals surface area contributed by atoms with E-state index in [9.17, 15) is 4.79 Å². The number of fused-ring (bicyclic) bond motifs is 1. The number of aryl methyl sites for hydroxylation is 1. The molecule has 0 saturated carbocycles. The highest BCUT2D eigenvalue weighted by molar-refractivity contribution is 7.98. The third-order valence-electron chi connectivity index (χ3n) is 4.34. The zero-order valence-corrected chi connectivity index (χ0v) is 17.6. The molecule has 29 heavy (non-hydrogen) atoms. The summed E-state index contributed by atoms with van der Waals surface area (Å²) < 4.78 is 4.12. The first-order chi connectivity index (χ1) is 14.2. The van der Waals surface area contributed by atoms with Crippen LogP contribution in [0.5, 0.6) is 0 Å². The molecule has 0 fully saturated rings. The zero-order valence-electron chi connectivity index (χ0n) is 16.0. The van der Waals surface area contributed by atoms with Gasteiger partial charge in [-0.05, 0) is 28.5 Å². The number of rotatable bonds is 8. The quantitative estimate of drug-likeness (QED) is 0.242. The third-order valence-corrected chi connectivity index (χ3v) is 6.47. The van der Waals surface area contributed by atoms with E-state index in [1.165, 1.54) is 23.1 Å². The largest absolute Gasteiger partial charge is 0.282 e. The van der Waals surface area contributed by atoms with Crippen LogP contribution in [-0.2, 0) is 18.8 Å². The number of thioether (sulfide) groups is 1. The van der Waals surface area contributed by atoms with Crippen LogP contribution in [0.25, 0.3) is 20.7 Å². The van der Waals surface area contributed by atoms with E-state index in [4.69, 9.17) is 4.98 Å². The fraction of sp³-hybridized carbons (Fsp3) is 0.250. The number of hydrogen-bond acceptors (Lipinski definition) is 7. The van der Waals surface area contributed by atoms with Crippen LogP contribution in [0.1, 0.15) is 19.2 Å². The molecule has 1 aromatic carbocycles. The van der Waals surface area contributed by atoms with Crippen LogP contribution in [0.4, 0.5) is 0 Å². The predicted molar refractivity (Wildman–Crippen MR) is 117 cm³/mol. The van der Waals surface area contributed by atoms with Gasteiger partial charge in [-0.15, -0.1) is 23.0 Å². The Balaban J connectivity index is 1.72. The standard InChI is InChI=1S/C20H20N6OS2/c1-3-10-25-19(27)18-15(12-16(29-18)14-8-6-5-7-9-14)21-20(25)28-13-17-22-23-24-26(17)11-4-2/h3,5-9,12H,1,4,10-11,13H2,2H3. The minimum atomic E-state index is -0.0438. The Morgan fingerprint density at radius 1 is 1.28 bits per heavy atom. The zero-order chi connectivity index (χ0) is 20.2. The molecule has 0 amide bonds. The van der Waals surface area contributed by atoms with Crippen molar-refractivity contribution in [2.45, 2.75) is 37.3 Å². The van der Waals surface area contributed by atoms with Gasteiger partial charge in [0.2, 0.25) is 0 Å². The van der Waals surface area contributed by atoms with Crippen molar-refractivity contribution in [1.29, 1.82) is 0 Å². The second-order valence-corrected chi connectivity index (χ2v) is 8.39. The van der Waals surface area contributed by atoms with Gasteiger partial charge in [-0.3, -0.25) is 9.36 Å². The second kappa shape index (κ2) is 8.71. The summed E-state index contributed by atoms with van der Waals surface area (Å²) >= 11 is 2.94. The number of hydrogen-bond donors (Lipinski definition) is 0. The lowest BCUT2D eigenvalue weighted by molar-refractivity contribution is 0.564. The maximum absolute atomic E-state index is 13.1. The van der Waals surface area contributed by atoms with Crippen molar-refractivity contribution in [2.75, 3.05) is 0 Å². The van der Waals surface area contributed by atoms with E-state index >= 15 is 0 Å². The van der Waals surface area contributed by atoms with Crippen LogP contribution in [-0.4, -0.2) is 29.8 Å². The summed E-state index contributed by atoms with van der Waals surface area (Å²) in [6, 6.07) is 12.0. The molecule has 3 heterocycles. The first-order valence-electron chi connectivity index (χ1n) is 9.29. The summed E-state index contributed by atoms with van der Waals surface area (Å²) in [5.41, 5.74) is 1.76. The Hall–Kier alpha value is -2.78. The maximum atomic E-state index is 13.1. The molecule has 0 bridgehead atoms. The fourth-order valence-electron chi connectivity index (χ4n) is 2.98. The van der Waals surface area contributed by atoms with Gasteiger partial charge in [0, 0.05) is 18.0 Å². The maximum Gasteiger partial charge on any atom is 0.272 e. The monoisotopic (exact) mass is 424 g/mol. The number of allylic oxidation sites excluding steroid dienone is 1. The van der Waals surface area contributed by atoms with E-state index in [1.807, 2.05) is 36.4 Å². The molecule has 0 spiro atoms. The number of nitrogens with zero attached hydrogens (tertiary/aromatic N) is 6. The van der Waals surface area contributed by atoms with Gasteiger partial charge in [0.1, 0.15) is 4.70 Å². The Labute approximate surface area is 176 Å². The number of tetrazole rings is 1. The lowest BCUT2D eigenvalue weighted by Gasteiger charge is -2.09. The first kappa shape index (κ1) is 19.5. The highest BCUT2D eigenvalue weighted by Gasteiger charge is 2.16. The molecule has 7 nitrogen and oxygen atoms in total. The highest BCUT2D eigenvalue weighted by Crippen LogP contribution is 2.32. The van der Waals surface area contributed by atoms with Gasteiger partial charge in [-0.25, -0.2) is 9.67 Å². The summed E-state index contributed by atoms with van der Waals surface area (Å²) in [4.78, 5) is 19.0. The molecule has 0 aliphatic carbocycles. The van der Waals surface area contributed by atoms with Crippen LogP contribution < -0.4 is 5.56 Å². The Morgan fingerprint density at radius 2 is 2.10 bits per heavy atom. The minimum Gasteiger partial charge on any atom is -0.282 e. The van der Waals surface area contributed by atoms with Crippen LogP contribution in [0.2, 0.25) is 0 Å². The molecular weight excluding hydrogens is 404 g/mol. The number of benzene rings is 1. The Morgan fingerprint density at radius 3 is 2.86 bits per heavy atom. The van der Waals surface area contributed by atoms with Gasteiger partial charge < -0.3 is 0 Å². The van der Waals surface area contributed by atoms with Crippen molar-refractivity contribution in [1.82, 2.24) is 29.8 Å². The van der Waals surface area contributed by atoms with E-state index in [1.54, 1.807) is 15.3 Å². The van der Waals surface area contributed by atoms with Crippen molar-refractivity contribution < 1.29 is 0 Å². The van der Waals surface area contributed by atoms with Gasteiger partial charge >= 0.3 is 0 Å². The highest BCUT2D eigenvalue weighted by atomic mass is 32.2. The predicted octanol–water partition coefficient (Wildman–Crippen LogP) is 4.00. The molecule has 0 aliphatic rings. The lowest BCUT2D eigenvalue weighted by atomic mass is 10.2. The average molecular weight is 425 g/mol. The van der Waals surface area contributed by atoms with Crippen molar-refractivity contribution in [2.24, 2.45) is 0 Å². The van der Waals surface area contributed by atoms with E-state index in [-0.39, 0.29) is 5.56 Å². The van der Waals surface area contributed by atoms with Gasteiger partial charge in [-0.1, -0.05) is 55.1 Å². The summed E-state index contributed by atoms with van der Waals surface area (Å²) in [6.45, 7) is 7.04. The topological polar surface area (TPSA) is 78.5 Å². The van der Waals surface area contributed by atoms with E-state index < -0.39 is 0 Å². The lowest BCUT2D eigenvalue weighted by Crippen LogP contribution is -2.22. The molecule has 0 radical (unpaired) electrons. The molecule has 0 atom stereocenters. The Kier molecular flexibility index (Phi) is 5.86. The summed E-state index contributed by atoms with van der Waals surface area (Å²) in [5.74, 6) is 1.31. The molecule has 4 rings (SSSR count). The molecule has 0 saturated heterocycles. The fourth-order valence-corrected chi connectivity index (χ4v) is 4.97. The first-order valence-corrected chi connectivity index (χ1v) is 11.1. The van der Waals surface area contributed by atoms with E-state index in [0.29, 0.717) is 22.2 Å².